The molecule has 4 heteroatoms. The van der Waals surface area contributed by atoms with Gasteiger partial charge in [-0.05, 0) is 93.2 Å². The van der Waals surface area contributed by atoms with Gasteiger partial charge in [0.05, 0.1) is 0 Å². The topological polar surface area (TPSA) is 52.6 Å². The van der Waals surface area contributed by atoms with Gasteiger partial charge in [-0.2, -0.15) is 0 Å². The summed E-state index contributed by atoms with van der Waals surface area (Å²) >= 11 is 0. The smallest absolute Gasteiger partial charge is 0.130 e. The highest BCUT2D eigenvalue weighted by Crippen LogP contribution is 2.44. The molecule has 0 amide bonds. The molecule has 3 aliphatic rings. The predicted octanol–water partition coefficient (Wildman–Crippen LogP) is 6.81. The van der Waals surface area contributed by atoms with Crippen molar-refractivity contribution in [3.8, 4) is 0 Å². The molecule has 1 aromatic rings. The van der Waals surface area contributed by atoms with Crippen molar-refractivity contribution in [3.05, 3.63) is 71.8 Å². The number of benzene rings is 1. The third kappa shape index (κ3) is 7.75. The Balaban J connectivity index is 1.31. The monoisotopic (exact) mass is 476 g/mol. The van der Waals surface area contributed by atoms with Crippen LogP contribution in [0.2, 0.25) is 0 Å². The minimum absolute atomic E-state index is 0.261. The Morgan fingerprint density at radius 1 is 1.17 bits per heavy atom. The minimum Gasteiger partial charge on any atom is -0.508 e. The molecule has 35 heavy (non-hydrogen) atoms. The van der Waals surface area contributed by atoms with Crippen LogP contribution in [0.15, 0.2) is 60.7 Å². The molecule has 1 aliphatic heterocycles. The maximum atomic E-state index is 11.8. The van der Waals surface area contributed by atoms with Gasteiger partial charge in [-0.25, -0.2) is 0 Å². The molecule has 1 heterocycles. The van der Waals surface area contributed by atoms with E-state index < -0.39 is 0 Å². The first kappa shape index (κ1) is 25.6. The molecule has 2 saturated carbocycles. The number of hydrogen-bond acceptors (Lipinski definition) is 4. The summed E-state index contributed by atoms with van der Waals surface area (Å²) in [7, 11) is 0. The number of aliphatic hydroxyl groups is 1. The zero-order chi connectivity index (χ0) is 24.6. The highest BCUT2D eigenvalue weighted by molar-refractivity contribution is 5.76. The average Bonchev–Trinajstić information content (AvgIpc) is 3.57. The van der Waals surface area contributed by atoms with Gasteiger partial charge in [0.25, 0.3) is 0 Å². The fourth-order valence-corrected chi connectivity index (χ4v) is 5.99. The van der Waals surface area contributed by atoms with Crippen molar-refractivity contribution in [1.29, 1.82) is 0 Å². The summed E-state index contributed by atoms with van der Waals surface area (Å²) in [6.45, 7) is 7.49. The molecule has 1 aromatic carbocycles. The Morgan fingerprint density at radius 3 is 2.57 bits per heavy atom. The molecular formula is C31H44N2O2. The summed E-state index contributed by atoms with van der Waals surface area (Å²) in [4.78, 5) is 14.2. The number of nitrogens with one attached hydrogen (secondary N) is 1. The molecule has 0 radical (unpaired) electrons. The van der Waals surface area contributed by atoms with Gasteiger partial charge in [0, 0.05) is 31.6 Å². The number of aryl methyl sites for hydroxylation is 1. The van der Waals surface area contributed by atoms with Crippen LogP contribution >= 0.6 is 0 Å². The number of carbonyl (C=O) groups excluding carboxylic acids is 1. The molecule has 0 aromatic heterocycles. The molecule has 2 N–H and O–H groups in total. The number of rotatable bonds is 12. The Kier molecular flexibility index (Phi) is 9.12. The SMILES string of the molecule is C=C/C=C(O)\C=C(/NC1CCCC1)N1CCC(CCc2cccc(C(CC(C)=O)C3CC3)c2)CC1. The van der Waals surface area contributed by atoms with Gasteiger partial charge in [-0.1, -0.05) is 49.8 Å². The fraction of sp³-hybridized carbons (Fsp3) is 0.581. The number of likely N-dealkylation sites (tertiary alicyclic amines) is 1. The van der Waals surface area contributed by atoms with Crippen molar-refractivity contribution in [3.63, 3.8) is 0 Å². The highest BCUT2D eigenvalue weighted by Gasteiger charge is 2.33. The summed E-state index contributed by atoms with van der Waals surface area (Å²) < 4.78 is 0. The van der Waals surface area contributed by atoms with Gasteiger partial charge in [0.1, 0.15) is 17.4 Å². The average molecular weight is 477 g/mol. The molecule has 4 rings (SSSR count). The number of carbonyl (C=O) groups is 1. The number of nitrogens with zero attached hydrogens (tertiary/aromatic N) is 1. The summed E-state index contributed by atoms with van der Waals surface area (Å²) in [5, 5.41) is 14.0. The van der Waals surface area contributed by atoms with Crippen molar-refractivity contribution >= 4 is 5.78 Å². The van der Waals surface area contributed by atoms with Crippen molar-refractivity contribution in [2.24, 2.45) is 11.8 Å². The molecule has 190 valence electrons. The van der Waals surface area contributed by atoms with Crippen LogP contribution in [0, 0.1) is 11.8 Å². The van der Waals surface area contributed by atoms with E-state index in [0.29, 0.717) is 30.1 Å². The maximum absolute atomic E-state index is 11.8. The van der Waals surface area contributed by atoms with E-state index in [9.17, 15) is 9.90 Å². The Hall–Kier alpha value is -2.49. The van der Waals surface area contributed by atoms with Crippen molar-refractivity contribution in [2.45, 2.75) is 89.5 Å². The van der Waals surface area contributed by atoms with Gasteiger partial charge >= 0.3 is 0 Å². The van der Waals surface area contributed by atoms with Gasteiger partial charge in [-0.15, -0.1) is 0 Å². The van der Waals surface area contributed by atoms with Crippen LogP contribution in [-0.2, 0) is 11.2 Å². The molecule has 1 atom stereocenters. The lowest BCUT2D eigenvalue weighted by molar-refractivity contribution is -0.117. The molecule has 0 spiro atoms. The van der Waals surface area contributed by atoms with Crippen molar-refractivity contribution in [1.82, 2.24) is 10.2 Å². The number of aliphatic hydroxyl groups excluding tert-OH is 1. The van der Waals surface area contributed by atoms with Gasteiger partial charge in [0.15, 0.2) is 0 Å². The van der Waals surface area contributed by atoms with E-state index >= 15 is 0 Å². The van der Waals surface area contributed by atoms with Crippen LogP contribution in [0.3, 0.4) is 0 Å². The largest absolute Gasteiger partial charge is 0.508 e. The first-order valence-electron chi connectivity index (χ1n) is 13.8. The third-order valence-corrected chi connectivity index (χ3v) is 8.15. The van der Waals surface area contributed by atoms with E-state index in [4.69, 9.17) is 0 Å². The second-order valence-corrected chi connectivity index (χ2v) is 11.0. The van der Waals surface area contributed by atoms with Crippen LogP contribution in [-0.4, -0.2) is 34.9 Å². The summed E-state index contributed by atoms with van der Waals surface area (Å²) in [5.74, 6) is 3.49. The lowest BCUT2D eigenvalue weighted by Crippen LogP contribution is -2.41. The van der Waals surface area contributed by atoms with E-state index in [0.717, 1.165) is 31.2 Å². The Morgan fingerprint density at radius 2 is 1.91 bits per heavy atom. The number of Topliss-reactive ketones (excluding diaryl/α,β-unsaturated/α-hetero) is 1. The fourth-order valence-electron chi connectivity index (χ4n) is 5.99. The third-order valence-electron chi connectivity index (χ3n) is 8.15. The molecular weight excluding hydrogens is 432 g/mol. The van der Waals surface area contributed by atoms with Gasteiger partial charge in [-0.3, -0.25) is 0 Å². The zero-order valence-corrected chi connectivity index (χ0v) is 21.6. The minimum atomic E-state index is 0.261. The van der Waals surface area contributed by atoms with Gasteiger partial charge in [0.2, 0.25) is 0 Å². The summed E-state index contributed by atoms with van der Waals surface area (Å²) in [6.07, 6.45) is 18.1. The van der Waals surface area contributed by atoms with E-state index in [1.165, 1.54) is 68.9 Å². The van der Waals surface area contributed by atoms with Crippen LogP contribution < -0.4 is 5.32 Å². The molecule has 3 fully saturated rings. The predicted molar refractivity (Wildman–Crippen MR) is 144 cm³/mol. The quantitative estimate of drug-likeness (QED) is 0.257. The zero-order valence-electron chi connectivity index (χ0n) is 21.6. The number of piperidine rings is 1. The molecule has 0 bridgehead atoms. The van der Waals surface area contributed by atoms with Crippen LogP contribution in [0.1, 0.15) is 88.2 Å². The van der Waals surface area contributed by atoms with Crippen LogP contribution in [0.5, 0.6) is 0 Å². The van der Waals surface area contributed by atoms with E-state index in [2.05, 4.69) is 41.1 Å². The number of allylic oxidation sites excluding steroid dienone is 3. The van der Waals surface area contributed by atoms with Crippen molar-refractivity contribution < 1.29 is 9.90 Å². The van der Waals surface area contributed by atoms with E-state index in [1.807, 2.05) is 6.08 Å². The standard InChI is InChI=1S/C31H44N2O2/c1-3-7-29(35)22-31(32-28-10-4-5-11-28)33-18-16-24(17-19-33)12-13-25-8-6-9-27(21-25)30(20-23(2)34)26-14-15-26/h3,6-9,21-22,24,26,28,30,32,35H,1,4-5,10-20H2,2H3/b29-7+,31-22+. The Bertz CT molecular complexity index is 916. The van der Waals surface area contributed by atoms with Crippen LogP contribution in [0.4, 0.5) is 0 Å². The second-order valence-electron chi connectivity index (χ2n) is 11.0. The molecule has 1 saturated heterocycles. The van der Waals surface area contributed by atoms with Crippen LogP contribution in [0.25, 0.3) is 0 Å². The molecule has 2 aliphatic carbocycles. The normalized spacial score (nSPS) is 21.2. The van der Waals surface area contributed by atoms with Gasteiger partial charge < -0.3 is 20.1 Å². The lowest BCUT2D eigenvalue weighted by Gasteiger charge is -2.36. The first-order valence-corrected chi connectivity index (χ1v) is 13.8. The summed E-state index contributed by atoms with van der Waals surface area (Å²) in [5.41, 5.74) is 2.79. The Labute approximate surface area is 212 Å². The van der Waals surface area contributed by atoms with E-state index in [1.54, 1.807) is 19.1 Å². The second kappa shape index (κ2) is 12.5. The molecule has 4 nitrogen and oxygen atoms in total. The lowest BCUT2D eigenvalue weighted by atomic mass is 9.86. The number of ketones is 1. The highest BCUT2D eigenvalue weighted by atomic mass is 16.3. The summed E-state index contributed by atoms with van der Waals surface area (Å²) in [6, 6.07) is 9.58. The first-order chi connectivity index (χ1) is 17.0. The van der Waals surface area contributed by atoms with E-state index in [-0.39, 0.29) is 5.76 Å². The number of hydrogen-bond donors (Lipinski definition) is 2. The molecule has 1 unspecified atom stereocenters. The maximum Gasteiger partial charge on any atom is 0.130 e. The van der Waals surface area contributed by atoms with Crippen molar-refractivity contribution in [2.75, 3.05) is 13.1 Å².